The minimum atomic E-state index is -0.396. The Kier molecular flexibility index (Phi) is 2.71. The van der Waals surface area contributed by atoms with Crippen LogP contribution in [0.4, 0.5) is 4.39 Å². The number of fused-ring (bicyclic) bond motifs is 2. The minimum Gasteiger partial charge on any atom is -0.343 e. The van der Waals surface area contributed by atoms with Crippen LogP contribution in [0.3, 0.4) is 0 Å². The number of aromatic nitrogens is 1. The molecule has 2 aromatic carbocycles. The molecule has 0 saturated carbocycles. The Morgan fingerprint density at radius 2 is 1.89 bits per heavy atom. The predicted molar refractivity (Wildman–Crippen MR) is 79.1 cm³/mol. The average molecular weight is 320 g/mol. The van der Waals surface area contributed by atoms with Crippen molar-refractivity contribution in [2.24, 2.45) is 7.05 Å². The fourth-order valence-electron chi connectivity index (χ4n) is 2.46. The zero-order valence-electron chi connectivity index (χ0n) is 10.5. The summed E-state index contributed by atoms with van der Waals surface area (Å²) in [7, 11) is 1.88. The molecule has 1 aromatic heterocycles. The molecule has 0 aliphatic heterocycles. The summed E-state index contributed by atoms with van der Waals surface area (Å²) in [5.74, 6) is -0.396. The molecule has 0 saturated heterocycles. The molecule has 0 N–H and O–H groups in total. The van der Waals surface area contributed by atoms with Crippen molar-refractivity contribution in [3.63, 3.8) is 0 Å². The van der Waals surface area contributed by atoms with Gasteiger partial charge in [-0.1, -0.05) is 0 Å². The van der Waals surface area contributed by atoms with E-state index in [0.29, 0.717) is 10.8 Å². The Morgan fingerprint density at radius 3 is 2.63 bits per heavy atom. The lowest BCUT2D eigenvalue weighted by molar-refractivity contribution is 0.629. The number of hydrogen-bond donors (Lipinski definition) is 0. The van der Waals surface area contributed by atoms with Crippen molar-refractivity contribution in [1.82, 2.24) is 4.57 Å². The summed E-state index contributed by atoms with van der Waals surface area (Å²) in [6.07, 6.45) is 0. The van der Waals surface area contributed by atoms with Crippen molar-refractivity contribution in [3.05, 3.63) is 56.4 Å². The number of pyridine rings is 1. The fraction of sp³-hybridized carbons (Fsp3) is 0.133. The van der Waals surface area contributed by atoms with Crippen LogP contribution in [0.5, 0.6) is 0 Å². The molecule has 0 bridgehead atoms. The van der Waals surface area contributed by atoms with Gasteiger partial charge < -0.3 is 4.57 Å². The highest BCUT2D eigenvalue weighted by atomic mass is 79.9. The lowest BCUT2D eigenvalue weighted by Gasteiger charge is -2.12. The first-order chi connectivity index (χ1) is 8.99. The van der Waals surface area contributed by atoms with Crippen molar-refractivity contribution in [1.29, 1.82) is 0 Å². The van der Waals surface area contributed by atoms with Gasteiger partial charge in [-0.05, 0) is 58.7 Å². The summed E-state index contributed by atoms with van der Waals surface area (Å²) in [6.45, 7) is 1.98. The molecule has 0 aliphatic rings. The molecule has 0 fully saturated rings. The smallest absolute Gasteiger partial charge is 0.198 e. The summed E-state index contributed by atoms with van der Waals surface area (Å²) in [6, 6.07) is 8.17. The Hall–Kier alpha value is -1.68. The standard InChI is InChI=1S/C15H11BrFNO/c1-8-5-11(16)14-13(6-8)18(2)12-4-3-9(17)7-10(12)15(14)19/h3-7H,1-2H3. The van der Waals surface area contributed by atoms with Gasteiger partial charge in [0.25, 0.3) is 0 Å². The summed E-state index contributed by atoms with van der Waals surface area (Å²) in [5, 5.41) is 0.991. The van der Waals surface area contributed by atoms with Gasteiger partial charge in [0.2, 0.25) is 0 Å². The van der Waals surface area contributed by atoms with E-state index in [1.807, 2.05) is 30.7 Å². The zero-order chi connectivity index (χ0) is 13.7. The third-order valence-corrected chi connectivity index (χ3v) is 3.99. The average Bonchev–Trinajstić information content (AvgIpc) is 2.35. The van der Waals surface area contributed by atoms with E-state index in [4.69, 9.17) is 0 Å². The van der Waals surface area contributed by atoms with Crippen LogP contribution in [-0.4, -0.2) is 4.57 Å². The van der Waals surface area contributed by atoms with E-state index in [1.165, 1.54) is 12.1 Å². The summed E-state index contributed by atoms with van der Waals surface area (Å²) in [4.78, 5) is 12.5. The second-order valence-corrected chi connectivity index (χ2v) is 5.54. The zero-order valence-corrected chi connectivity index (χ0v) is 12.1. The number of nitrogens with zero attached hydrogens (tertiary/aromatic N) is 1. The SMILES string of the molecule is Cc1cc(Br)c2c(=O)c3cc(F)ccc3n(C)c2c1. The van der Waals surface area contributed by atoms with E-state index in [1.54, 1.807) is 6.07 Å². The first-order valence-electron chi connectivity index (χ1n) is 5.87. The van der Waals surface area contributed by atoms with Crippen LogP contribution in [0.1, 0.15) is 5.56 Å². The highest BCUT2D eigenvalue weighted by Gasteiger charge is 2.12. The number of benzene rings is 2. The number of aryl methyl sites for hydroxylation is 2. The number of rotatable bonds is 0. The van der Waals surface area contributed by atoms with Crippen molar-refractivity contribution >= 4 is 37.7 Å². The molecule has 0 radical (unpaired) electrons. The minimum absolute atomic E-state index is 0.144. The molecular weight excluding hydrogens is 309 g/mol. The molecule has 1 heterocycles. The van der Waals surface area contributed by atoms with Crippen molar-refractivity contribution < 1.29 is 4.39 Å². The first-order valence-corrected chi connectivity index (χ1v) is 6.66. The molecule has 0 spiro atoms. The lowest BCUT2D eigenvalue weighted by Crippen LogP contribution is -2.10. The second kappa shape index (κ2) is 4.17. The molecule has 0 unspecified atom stereocenters. The highest BCUT2D eigenvalue weighted by molar-refractivity contribution is 9.10. The van der Waals surface area contributed by atoms with Gasteiger partial charge in [-0.2, -0.15) is 0 Å². The van der Waals surface area contributed by atoms with E-state index in [2.05, 4.69) is 15.9 Å². The molecule has 0 aliphatic carbocycles. The van der Waals surface area contributed by atoms with E-state index >= 15 is 0 Å². The first kappa shape index (κ1) is 12.4. The molecule has 96 valence electrons. The topological polar surface area (TPSA) is 22.0 Å². The van der Waals surface area contributed by atoms with Crippen LogP contribution in [0.15, 0.2) is 39.6 Å². The summed E-state index contributed by atoms with van der Waals surface area (Å²) >= 11 is 3.43. The van der Waals surface area contributed by atoms with Gasteiger partial charge in [0.1, 0.15) is 5.82 Å². The van der Waals surface area contributed by atoms with Crippen molar-refractivity contribution in [2.75, 3.05) is 0 Å². The Balaban J connectivity index is 2.69. The van der Waals surface area contributed by atoms with Gasteiger partial charge in [0.15, 0.2) is 5.43 Å². The molecule has 2 nitrogen and oxygen atoms in total. The van der Waals surface area contributed by atoms with Gasteiger partial charge in [0.05, 0.1) is 16.4 Å². The van der Waals surface area contributed by atoms with Gasteiger partial charge in [0, 0.05) is 16.9 Å². The van der Waals surface area contributed by atoms with E-state index < -0.39 is 5.82 Å². The maximum Gasteiger partial charge on any atom is 0.198 e. The Morgan fingerprint density at radius 1 is 1.16 bits per heavy atom. The van der Waals surface area contributed by atoms with E-state index in [9.17, 15) is 9.18 Å². The van der Waals surface area contributed by atoms with Crippen LogP contribution < -0.4 is 5.43 Å². The van der Waals surface area contributed by atoms with Gasteiger partial charge >= 0.3 is 0 Å². The molecule has 3 aromatic rings. The fourth-order valence-corrected chi connectivity index (χ4v) is 3.20. The molecule has 4 heteroatoms. The van der Waals surface area contributed by atoms with Crippen LogP contribution in [-0.2, 0) is 7.05 Å². The maximum absolute atomic E-state index is 13.4. The normalized spacial score (nSPS) is 11.4. The van der Waals surface area contributed by atoms with Gasteiger partial charge in [-0.25, -0.2) is 4.39 Å². The third-order valence-electron chi connectivity index (χ3n) is 3.37. The van der Waals surface area contributed by atoms with Crippen LogP contribution in [0, 0.1) is 12.7 Å². The van der Waals surface area contributed by atoms with Crippen molar-refractivity contribution in [2.45, 2.75) is 6.92 Å². The molecule has 3 rings (SSSR count). The van der Waals surface area contributed by atoms with Gasteiger partial charge in [-0.15, -0.1) is 0 Å². The van der Waals surface area contributed by atoms with E-state index in [-0.39, 0.29) is 5.43 Å². The molecule has 0 amide bonds. The molecular formula is C15H11BrFNO. The molecule has 0 atom stereocenters. The number of halogens is 2. The van der Waals surface area contributed by atoms with Crippen LogP contribution >= 0.6 is 15.9 Å². The van der Waals surface area contributed by atoms with Crippen LogP contribution in [0.2, 0.25) is 0 Å². The Bertz CT molecular complexity index is 883. The lowest BCUT2D eigenvalue weighted by atomic mass is 10.1. The maximum atomic E-state index is 13.4. The summed E-state index contributed by atoms with van der Waals surface area (Å²) in [5.41, 5.74) is 2.50. The van der Waals surface area contributed by atoms with Crippen LogP contribution in [0.25, 0.3) is 21.8 Å². The third kappa shape index (κ3) is 1.78. The quantitative estimate of drug-likeness (QED) is 0.576. The van der Waals surface area contributed by atoms with Gasteiger partial charge in [-0.3, -0.25) is 4.79 Å². The molecule has 19 heavy (non-hydrogen) atoms. The highest BCUT2D eigenvalue weighted by Crippen LogP contribution is 2.26. The Labute approximate surface area is 117 Å². The number of hydrogen-bond acceptors (Lipinski definition) is 1. The largest absolute Gasteiger partial charge is 0.343 e. The van der Waals surface area contributed by atoms with E-state index in [0.717, 1.165) is 21.1 Å². The van der Waals surface area contributed by atoms with Crippen molar-refractivity contribution in [3.8, 4) is 0 Å². The second-order valence-electron chi connectivity index (χ2n) is 4.69. The predicted octanol–water partition coefficient (Wildman–Crippen LogP) is 3.90. The summed E-state index contributed by atoms with van der Waals surface area (Å²) < 4.78 is 16.0. The monoisotopic (exact) mass is 319 g/mol.